The van der Waals surface area contributed by atoms with Gasteiger partial charge >= 0.3 is 0 Å². The van der Waals surface area contributed by atoms with E-state index in [0.717, 1.165) is 4.88 Å². The molecule has 13 heavy (non-hydrogen) atoms. The Balaban J connectivity index is 2.66. The van der Waals surface area contributed by atoms with Crippen molar-refractivity contribution in [1.82, 2.24) is 5.32 Å². The molecule has 0 atom stereocenters. The molecule has 3 N–H and O–H groups in total. The summed E-state index contributed by atoms with van der Waals surface area (Å²) >= 11 is 1.52. The molecule has 1 aromatic rings. The molecular weight excluding hydrogens is 184 g/mol. The number of nitrogens with two attached hydrogens (primary N) is 1. The molecule has 0 unspecified atom stereocenters. The number of thiophene rings is 1. The van der Waals surface area contributed by atoms with Gasteiger partial charge in [0.15, 0.2) is 0 Å². The topological polar surface area (TPSA) is 55.1 Å². The fraction of sp³-hybridized carbons (Fsp3) is 0.444. The average Bonchev–Trinajstić information content (AvgIpc) is 2.43. The number of aryl methyl sites for hydroxylation is 2. The molecule has 0 saturated heterocycles. The SMILES string of the molecule is Cc1cc(C(=O)NCCN)sc1C. The van der Waals surface area contributed by atoms with Gasteiger partial charge in [0.05, 0.1) is 4.88 Å². The lowest BCUT2D eigenvalue weighted by Gasteiger charge is -1.99. The van der Waals surface area contributed by atoms with Gasteiger partial charge in [-0.2, -0.15) is 0 Å². The number of hydrogen-bond donors (Lipinski definition) is 2. The van der Waals surface area contributed by atoms with Crippen LogP contribution in [-0.2, 0) is 0 Å². The Kier molecular flexibility index (Phi) is 3.45. The Morgan fingerprint density at radius 2 is 2.31 bits per heavy atom. The van der Waals surface area contributed by atoms with Crippen LogP contribution in [0.1, 0.15) is 20.1 Å². The molecule has 3 nitrogen and oxygen atoms in total. The minimum Gasteiger partial charge on any atom is -0.350 e. The number of carbonyl (C=O) groups excluding carboxylic acids is 1. The number of hydrogen-bond acceptors (Lipinski definition) is 3. The summed E-state index contributed by atoms with van der Waals surface area (Å²) in [5.74, 6) is -0.0216. The van der Waals surface area contributed by atoms with Crippen LogP contribution in [0.3, 0.4) is 0 Å². The fourth-order valence-corrected chi connectivity index (χ4v) is 1.91. The van der Waals surface area contributed by atoms with Gasteiger partial charge in [-0.15, -0.1) is 11.3 Å². The van der Waals surface area contributed by atoms with Crippen LogP contribution in [0.25, 0.3) is 0 Å². The number of rotatable bonds is 3. The zero-order valence-electron chi connectivity index (χ0n) is 7.89. The molecule has 0 spiro atoms. The van der Waals surface area contributed by atoms with Crippen molar-refractivity contribution >= 4 is 17.2 Å². The second-order valence-electron chi connectivity index (χ2n) is 2.89. The molecule has 0 saturated carbocycles. The van der Waals surface area contributed by atoms with Crippen LogP contribution in [0, 0.1) is 13.8 Å². The van der Waals surface area contributed by atoms with Crippen molar-refractivity contribution in [2.24, 2.45) is 5.73 Å². The first kappa shape index (κ1) is 10.2. The van der Waals surface area contributed by atoms with Gasteiger partial charge in [-0.25, -0.2) is 0 Å². The van der Waals surface area contributed by atoms with Gasteiger partial charge in [0.1, 0.15) is 0 Å². The highest BCUT2D eigenvalue weighted by Gasteiger charge is 2.08. The molecule has 1 aromatic heterocycles. The van der Waals surface area contributed by atoms with Crippen LogP contribution in [0.15, 0.2) is 6.07 Å². The third-order valence-electron chi connectivity index (χ3n) is 1.82. The molecule has 72 valence electrons. The van der Waals surface area contributed by atoms with Gasteiger partial charge in [0.25, 0.3) is 5.91 Å². The van der Waals surface area contributed by atoms with Crippen LogP contribution >= 0.6 is 11.3 Å². The molecule has 1 amide bonds. The Morgan fingerprint density at radius 3 is 2.77 bits per heavy atom. The van der Waals surface area contributed by atoms with Crippen molar-refractivity contribution in [3.05, 3.63) is 21.4 Å². The fourth-order valence-electron chi connectivity index (χ4n) is 0.958. The van der Waals surface area contributed by atoms with E-state index in [2.05, 4.69) is 5.32 Å². The van der Waals surface area contributed by atoms with Crippen LogP contribution in [-0.4, -0.2) is 19.0 Å². The number of nitrogens with one attached hydrogen (secondary N) is 1. The smallest absolute Gasteiger partial charge is 0.261 e. The van der Waals surface area contributed by atoms with E-state index in [1.165, 1.54) is 21.8 Å². The lowest BCUT2D eigenvalue weighted by molar-refractivity contribution is 0.0959. The van der Waals surface area contributed by atoms with Crippen LogP contribution in [0.5, 0.6) is 0 Å². The van der Waals surface area contributed by atoms with Crippen molar-refractivity contribution in [3.63, 3.8) is 0 Å². The monoisotopic (exact) mass is 198 g/mol. The Morgan fingerprint density at radius 1 is 1.62 bits per heavy atom. The van der Waals surface area contributed by atoms with E-state index in [0.29, 0.717) is 13.1 Å². The van der Waals surface area contributed by atoms with Gasteiger partial charge in [-0.05, 0) is 25.5 Å². The van der Waals surface area contributed by atoms with E-state index in [4.69, 9.17) is 5.73 Å². The van der Waals surface area contributed by atoms with Crippen molar-refractivity contribution in [2.45, 2.75) is 13.8 Å². The number of amides is 1. The maximum absolute atomic E-state index is 11.4. The second-order valence-corrected chi connectivity index (χ2v) is 4.15. The average molecular weight is 198 g/mol. The van der Waals surface area contributed by atoms with Crippen molar-refractivity contribution in [2.75, 3.05) is 13.1 Å². The van der Waals surface area contributed by atoms with Gasteiger partial charge < -0.3 is 11.1 Å². The molecular formula is C9H14N2OS. The summed E-state index contributed by atoms with van der Waals surface area (Å²) in [7, 11) is 0. The van der Waals surface area contributed by atoms with E-state index >= 15 is 0 Å². The molecule has 0 aliphatic rings. The first-order valence-corrected chi connectivity index (χ1v) is 5.02. The Labute approximate surface area is 81.9 Å². The summed E-state index contributed by atoms with van der Waals surface area (Å²) in [5.41, 5.74) is 6.45. The van der Waals surface area contributed by atoms with Crippen LogP contribution in [0.4, 0.5) is 0 Å². The summed E-state index contributed by atoms with van der Waals surface area (Å²) in [6.07, 6.45) is 0. The third kappa shape index (κ3) is 2.54. The standard InChI is InChI=1S/C9H14N2OS/c1-6-5-8(13-7(6)2)9(12)11-4-3-10/h5H,3-4,10H2,1-2H3,(H,11,12). The van der Waals surface area contributed by atoms with Gasteiger partial charge in [0, 0.05) is 18.0 Å². The lowest BCUT2D eigenvalue weighted by Crippen LogP contribution is -2.28. The normalized spacial score (nSPS) is 10.1. The van der Waals surface area contributed by atoms with Crippen molar-refractivity contribution in [1.29, 1.82) is 0 Å². The van der Waals surface area contributed by atoms with Crippen molar-refractivity contribution < 1.29 is 4.79 Å². The van der Waals surface area contributed by atoms with Gasteiger partial charge in [-0.1, -0.05) is 0 Å². The summed E-state index contributed by atoms with van der Waals surface area (Å²) < 4.78 is 0. The van der Waals surface area contributed by atoms with E-state index in [-0.39, 0.29) is 5.91 Å². The van der Waals surface area contributed by atoms with Crippen molar-refractivity contribution in [3.8, 4) is 0 Å². The maximum atomic E-state index is 11.4. The molecule has 0 aliphatic heterocycles. The molecule has 0 aromatic carbocycles. The van der Waals surface area contributed by atoms with Crippen LogP contribution in [0.2, 0.25) is 0 Å². The molecule has 0 aliphatic carbocycles. The van der Waals surface area contributed by atoms with E-state index in [1.807, 2.05) is 19.9 Å². The molecule has 0 fully saturated rings. The van der Waals surface area contributed by atoms with Gasteiger partial charge in [-0.3, -0.25) is 4.79 Å². The molecule has 0 radical (unpaired) electrons. The lowest BCUT2D eigenvalue weighted by atomic mass is 10.3. The first-order chi connectivity index (χ1) is 6.15. The Hall–Kier alpha value is -0.870. The molecule has 0 bridgehead atoms. The summed E-state index contributed by atoms with van der Waals surface area (Å²) in [5, 5.41) is 2.74. The molecule has 4 heteroatoms. The number of carbonyl (C=O) groups is 1. The second kappa shape index (κ2) is 4.39. The first-order valence-electron chi connectivity index (χ1n) is 4.20. The minimum atomic E-state index is -0.0216. The van der Waals surface area contributed by atoms with Crippen LogP contribution < -0.4 is 11.1 Å². The third-order valence-corrected chi connectivity index (χ3v) is 2.97. The summed E-state index contributed by atoms with van der Waals surface area (Å²) in [4.78, 5) is 13.4. The quantitative estimate of drug-likeness (QED) is 0.763. The molecule has 1 heterocycles. The highest BCUT2D eigenvalue weighted by molar-refractivity contribution is 7.14. The van der Waals surface area contributed by atoms with E-state index < -0.39 is 0 Å². The predicted molar refractivity (Wildman–Crippen MR) is 55.2 cm³/mol. The van der Waals surface area contributed by atoms with E-state index in [1.54, 1.807) is 0 Å². The predicted octanol–water partition coefficient (Wildman–Crippen LogP) is 1.05. The Bertz CT molecular complexity index is 287. The highest BCUT2D eigenvalue weighted by atomic mass is 32.1. The zero-order chi connectivity index (χ0) is 9.84. The zero-order valence-corrected chi connectivity index (χ0v) is 8.70. The highest BCUT2D eigenvalue weighted by Crippen LogP contribution is 2.20. The maximum Gasteiger partial charge on any atom is 0.261 e. The van der Waals surface area contributed by atoms with E-state index in [9.17, 15) is 4.79 Å². The minimum absolute atomic E-state index is 0.0216. The molecule has 1 rings (SSSR count). The largest absolute Gasteiger partial charge is 0.350 e. The van der Waals surface area contributed by atoms with Gasteiger partial charge in [0.2, 0.25) is 0 Å². The summed E-state index contributed by atoms with van der Waals surface area (Å²) in [6.45, 7) is 5.04. The summed E-state index contributed by atoms with van der Waals surface area (Å²) in [6, 6.07) is 1.91.